The number of aryl methyl sites for hydroxylation is 1. The number of rotatable bonds is 4. The van der Waals surface area contributed by atoms with Crippen molar-refractivity contribution >= 4 is 22.6 Å². The van der Waals surface area contributed by atoms with Crippen LogP contribution < -0.4 is 14.8 Å². The van der Waals surface area contributed by atoms with Crippen molar-refractivity contribution in [3.8, 4) is 11.5 Å². The fourth-order valence-electron chi connectivity index (χ4n) is 3.21. The highest BCUT2D eigenvalue weighted by atomic mass is 16.6. The van der Waals surface area contributed by atoms with E-state index >= 15 is 0 Å². The Labute approximate surface area is 150 Å². The molecule has 2 aromatic carbocycles. The first kappa shape index (κ1) is 16.2. The minimum atomic E-state index is -0.620. The minimum Gasteiger partial charge on any atom is -0.493 e. The van der Waals surface area contributed by atoms with E-state index in [-0.39, 0.29) is 0 Å². The maximum atomic E-state index is 12.4. The van der Waals surface area contributed by atoms with Gasteiger partial charge in [0.05, 0.1) is 25.4 Å². The number of aromatic nitrogens is 1. The van der Waals surface area contributed by atoms with E-state index in [1.165, 1.54) is 14.2 Å². The van der Waals surface area contributed by atoms with Crippen LogP contribution in [0.15, 0.2) is 42.5 Å². The number of cyclic esters (lactones) is 1. The molecule has 4 rings (SSSR count). The number of esters is 1. The predicted molar refractivity (Wildman–Crippen MR) is 97.8 cm³/mol. The Morgan fingerprint density at radius 2 is 1.92 bits per heavy atom. The molecule has 0 fully saturated rings. The highest BCUT2D eigenvalue weighted by Crippen LogP contribution is 2.42. The van der Waals surface area contributed by atoms with E-state index in [1.54, 1.807) is 6.07 Å². The summed E-state index contributed by atoms with van der Waals surface area (Å²) in [5, 5.41) is 4.30. The fourth-order valence-corrected chi connectivity index (χ4v) is 3.21. The molecule has 6 nitrogen and oxygen atoms in total. The lowest BCUT2D eigenvalue weighted by atomic mass is 10.1. The number of ether oxygens (including phenoxy) is 3. The lowest BCUT2D eigenvalue weighted by molar-refractivity contribution is 0.0435. The number of hydrogen-bond donors (Lipinski definition) is 1. The standard InChI is InChI=1S/C20H18N2O4/c1-11-7-8-12-5-4-6-14(17(12)21-11)22-19-13-9-10-15(24-2)18(25-3)16(13)20(23)26-19/h4-10,19,22H,1-3H3/t19-/m0/s1. The maximum absolute atomic E-state index is 12.4. The Bertz CT molecular complexity index is 1020. The number of anilines is 1. The van der Waals surface area contributed by atoms with Gasteiger partial charge in [-0.05, 0) is 31.2 Å². The smallest absolute Gasteiger partial charge is 0.344 e. The summed E-state index contributed by atoms with van der Waals surface area (Å²) in [6, 6.07) is 13.4. The van der Waals surface area contributed by atoms with E-state index < -0.39 is 12.2 Å². The van der Waals surface area contributed by atoms with Crippen LogP contribution in [0, 0.1) is 6.92 Å². The highest BCUT2D eigenvalue weighted by molar-refractivity contribution is 5.99. The van der Waals surface area contributed by atoms with Crippen LogP contribution in [0.4, 0.5) is 5.69 Å². The first-order chi connectivity index (χ1) is 12.6. The van der Waals surface area contributed by atoms with Crippen LogP contribution in [0.5, 0.6) is 11.5 Å². The van der Waals surface area contributed by atoms with Crippen LogP contribution in [0.25, 0.3) is 10.9 Å². The SMILES string of the molecule is COc1ccc2c(c1OC)C(=O)O[C@@H]2Nc1cccc2ccc(C)nc12. The van der Waals surface area contributed by atoms with Crippen molar-refractivity contribution < 1.29 is 19.0 Å². The van der Waals surface area contributed by atoms with Crippen LogP contribution in [-0.4, -0.2) is 25.2 Å². The van der Waals surface area contributed by atoms with Gasteiger partial charge in [0, 0.05) is 16.6 Å². The zero-order valence-corrected chi connectivity index (χ0v) is 14.7. The Hall–Kier alpha value is -3.28. The molecule has 1 atom stereocenters. The summed E-state index contributed by atoms with van der Waals surface area (Å²) in [4.78, 5) is 17.0. The van der Waals surface area contributed by atoms with Gasteiger partial charge in [-0.15, -0.1) is 0 Å². The topological polar surface area (TPSA) is 69.7 Å². The average Bonchev–Trinajstić information content (AvgIpc) is 2.97. The van der Waals surface area contributed by atoms with Gasteiger partial charge in [-0.3, -0.25) is 4.98 Å². The number of para-hydroxylation sites is 1. The molecule has 0 saturated carbocycles. The molecule has 0 spiro atoms. The molecule has 1 N–H and O–H groups in total. The quantitative estimate of drug-likeness (QED) is 0.721. The van der Waals surface area contributed by atoms with Crippen molar-refractivity contribution in [2.75, 3.05) is 19.5 Å². The molecule has 1 aliphatic rings. The molecule has 0 aliphatic carbocycles. The van der Waals surface area contributed by atoms with Crippen LogP contribution in [0.1, 0.15) is 27.8 Å². The molecule has 3 aromatic rings. The van der Waals surface area contributed by atoms with Gasteiger partial charge < -0.3 is 19.5 Å². The van der Waals surface area contributed by atoms with E-state index in [4.69, 9.17) is 14.2 Å². The largest absolute Gasteiger partial charge is 0.493 e. The van der Waals surface area contributed by atoms with Gasteiger partial charge in [0.15, 0.2) is 11.5 Å². The second-order valence-electron chi connectivity index (χ2n) is 6.02. The lowest BCUT2D eigenvalue weighted by Crippen LogP contribution is -2.11. The van der Waals surface area contributed by atoms with E-state index in [2.05, 4.69) is 10.3 Å². The summed E-state index contributed by atoms with van der Waals surface area (Å²) in [6.07, 6.45) is -0.620. The third kappa shape index (κ3) is 2.50. The van der Waals surface area contributed by atoms with Crippen LogP contribution in [0.3, 0.4) is 0 Å². The third-order valence-corrected chi connectivity index (χ3v) is 4.44. The van der Waals surface area contributed by atoms with Gasteiger partial charge in [-0.25, -0.2) is 4.79 Å². The summed E-state index contributed by atoms with van der Waals surface area (Å²) in [7, 11) is 3.04. The number of hydrogen-bond acceptors (Lipinski definition) is 6. The van der Waals surface area contributed by atoms with Crippen molar-refractivity contribution in [3.63, 3.8) is 0 Å². The normalized spacial score (nSPS) is 15.5. The van der Waals surface area contributed by atoms with E-state index in [0.29, 0.717) is 22.6 Å². The summed E-state index contributed by atoms with van der Waals surface area (Å²) in [5.41, 5.74) is 3.64. The number of fused-ring (bicyclic) bond motifs is 2. The Balaban J connectivity index is 1.77. The average molecular weight is 350 g/mol. The summed E-state index contributed by atoms with van der Waals surface area (Å²) < 4.78 is 16.2. The molecule has 6 heteroatoms. The highest BCUT2D eigenvalue weighted by Gasteiger charge is 2.36. The molecular formula is C20H18N2O4. The molecule has 2 heterocycles. The van der Waals surface area contributed by atoms with E-state index in [9.17, 15) is 4.79 Å². The molecule has 1 aliphatic heterocycles. The Kier molecular flexibility index (Phi) is 3.88. The number of carbonyl (C=O) groups excluding carboxylic acids is 1. The predicted octanol–water partition coefficient (Wildman–Crippen LogP) is 3.84. The maximum Gasteiger partial charge on any atom is 0.344 e. The number of pyridine rings is 1. The molecule has 0 amide bonds. The van der Waals surface area contributed by atoms with Crippen molar-refractivity contribution in [1.82, 2.24) is 4.98 Å². The van der Waals surface area contributed by atoms with E-state index in [0.717, 1.165) is 22.3 Å². The van der Waals surface area contributed by atoms with Crippen LogP contribution in [0.2, 0.25) is 0 Å². The minimum absolute atomic E-state index is 0.381. The van der Waals surface area contributed by atoms with Crippen molar-refractivity contribution in [1.29, 1.82) is 0 Å². The van der Waals surface area contributed by atoms with Gasteiger partial charge in [-0.2, -0.15) is 0 Å². The van der Waals surface area contributed by atoms with Crippen molar-refractivity contribution in [2.45, 2.75) is 13.2 Å². The second-order valence-corrected chi connectivity index (χ2v) is 6.02. The number of methoxy groups -OCH3 is 2. The molecular weight excluding hydrogens is 332 g/mol. The van der Waals surface area contributed by atoms with Gasteiger partial charge in [0.25, 0.3) is 0 Å². The lowest BCUT2D eigenvalue weighted by Gasteiger charge is -2.16. The number of carbonyl (C=O) groups is 1. The molecule has 26 heavy (non-hydrogen) atoms. The summed E-state index contributed by atoms with van der Waals surface area (Å²) >= 11 is 0. The molecule has 0 saturated heterocycles. The number of benzene rings is 2. The number of nitrogens with zero attached hydrogens (tertiary/aromatic N) is 1. The van der Waals surface area contributed by atoms with Gasteiger partial charge in [-0.1, -0.05) is 18.2 Å². The Morgan fingerprint density at radius 3 is 2.69 bits per heavy atom. The second kappa shape index (κ2) is 6.22. The summed E-state index contributed by atoms with van der Waals surface area (Å²) in [6.45, 7) is 1.94. The monoisotopic (exact) mass is 350 g/mol. The van der Waals surface area contributed by atoms with Crippen LogP contribution >= 0.6 is 0 Å². The molecule has 0 radical (unpaired) electrons. The third-order valence-electron chi connectivity index (χ3n) is 4.44. The number of nitrogens with one attached hydrogen (secondary N) is 1. The molecule has 0 bridgehead atoms. The van der Waals surface area contributed by atoms with Gasteiger partial charge >= 0.3 is 5.97 Å². The fraction of sp³-hybridized carbons (Fsp3) is 0.200. The molecule has 0 unspecified atom stereocenters. The zero-order valence-electron chi connectivity index (χ0n) is 14.7. The first-order valence-corrected chi connectivity index (χ1v) is 8.21. The first-order valence-electron chi connectivity index (χ1n) is 8.21. The summed E-state index contributed by atoms with van der Waals surface area (Å²) in [5.74, 6) is 0.426. The molecule has 132 valence electrons. The van der Waals surface area contributed by atoms with Gasteiger partial charge in [0.1, 0.15) is 5.56 Å². The Morgan fingerprint density at radius 1 is 1.08 bits per heavy atom. The van der Waals surface area contributed by atoms with Crippen molar-refractivity contribution in [3.05, 3.63) is 59.3 Å². The van der Waals surface area contributed by atoms with Gasteiger partial charge in [0.2, 0.25) is 6.23 Å². The molecule has 1 aromatic heterocycles. The van der Waals surface area contributed by atoms with Crippen LogP contribution in [-0.2, 0) is 4.74 Å². The van der Waals surface area contributed by atoms with E-state index in [1.807, 2.05) is 43.3 Å². The zero-order chi connectivity index (χ0) is 18.3. The van der Waals surface area contributed by atoms with Crippen molar-refractivity contribution in [2.24, 2.45) is 0 Å².